The van der Waals surface area contributed by atoms with Crippen molar-refractivity contribution in [1.82, 2.24) is 5.23 Å². The van der Waals surface area contributed by atoms with Crippen molar-refractivity contribution in [3.05, 3.63) is 43.0 Å². The lowest BCUT2D eigenvalue weighted by molar-refractivity contribution is 0.918. The van der Waals surface area contributed by atoms with Crippen LogP contribution in [0.1, 0.15) is 6.42 Å². The van der Waals surface area contributed by atoms with Gasteiger partial charge in [0.15, 0.2) is 0 Å². The van der Waals surface area contributed by atoms with Gasteiger partial charge >= 0.3 is 6.26 Å². The molecule has 1 aromatic carbocycles. The molecular formula is C10H13BClN. The largest absolute Gasteiger partial charge is 0.361 e. The van der Waals surface area contributed by atoms with E-state index >= 15 is 0 Å². The number of nitrogens with one attached hydrogen (secondary N) is 1. The van der Waals surface area contributed by atoms with Gasteiger partial charge in [0, 0.05) is 0 Å². The molecule has 3 heteroatoms. The number of hydrogen-bond donors (Lipinski definition) is 1. The number of hydrogen-bond acceptors (Lipinski definition) is 1. The summed E-state index contributed by atoms with van der Waals surface area (Å²) in [5, 5.41) is 3.19. The smallest absolute Gasteiger partial charge is 0.338 e. The Morgan fingerprint density at radius 3 is 2.69 bits per heavy atom. The molecule has 0 aromatic heterocycles. The van der Waals surface area contributed by atoms with Gasteiger partial charge < -0.3 is 5.23 Å². The zero-order chi connectivity index (χ0) is 9.52. The maximum Gasteiger partial charge on any atom is 0.361 e. The first-order chi connectivity index (χ1) is 6.34. The van der Waals surface area contributed by atoms with E-state index in [2.05, 4.69) is 11.8 Å². The monoisotopic (exact) mass is 193 g/mol. The molecule has 0 aliphatic rings. The van der Waals surface area contributed by atoms with Crippen LogP contribution in [-0.2, 0) is 0 Å². The minimum atomic E-state index is -0.0962. The zero-order valence-electron chi connectivity index (χ0n) is 7.54. The molecule has 0 amide bonds. The van der Waals surface area contributed by atoms with Gasteiger partial charge in [0.1, 0.15) is 0 Å². The lowest BCUT2D eigenvalue weighted by Crippen LogP contribution is -2.40. The van der Waals surface area contributed by atoms with Crippen molar-refractivity contribution in [1.29, 1.82) is 0 Å². The van der Waals surface area contributed by atoms with E-state index in [1.807, 2.05) is 36.4 Å². The van der Waals surface area contributed by atoms with Gasteiger partial charge in [-0.2, -0.15) is 11.5 Å². The topological polar surface area (TPSA) is 12.0 Å². The van der Waals surface area contributed by atoms with Crippen LogP contribution in [0, 0.1) is 0 Å². The van der Waals surface area contributed by atoms with Gasteiger partial charge in [0.25, 0.3) is 0 Å². The highest BCUT2D eigenvalue weighted by Crippen LogP contribution is 1.90. The summed E-state index contributed by atoms with van der Waals surface area (Å²) >= 11 is 6.10. The van der Waals surface area contributed by atoms with Crippen molar-refractivity contribution in [2.45, 2.75) is 6.42 Å². The second kappa shape index (κ2) is 5.84. The van der Waals surface area contributed by atoms with Crippen LogP contribution in [0.25, 0.3) is 0 Å². The van der Waals surface area contributed by atoms with Crippen molar-refractivity contribution >= 4 is 23.2 Å². The third-order valence-corrected chi connectivity index (χ3v) is 2.17. The molecule has 0 radical (unpaired) electrons. The fourth-order valence-corrected chi connectivity index (χ4v) is 1.31. The minimum absolute atomic E-state index is 0.0962. The normalized spacial score (nSPS) is 9.62. The number of halogens is 1. The molecule has 1 nitrogen and oxygen atoms in total. The summed E-state index contributed by atoms with van der Waals surface area (Å²) in [6.45, 7) is 4.51. The Balaban J connectivity index is 2.39. The lowest BCUT2D eigenvalue weighted by Gasteiger charge is -2.06. The summed E-state index contributed by atoms with van der Waals surface area (Å²) in [6.07, 6.45) is 2.72. The summed E-state index contributed by atoms with van der Waals surface area (Å²) in [4.78, 5) is 0. The van der Waals surface area contributed by atoms with Crippen LogP contribution in [0.3, 0.4) is 0 Å². The first-order valence-corrected chi connectivity index (χ1v) is 4.81. The van der Waals surface area contributed by atoms with Crippen LogP contribution in [0.4, 0.5) is 0 Å². The summed E-state index contributed by atoms with van der Waals surface area (Å²) in [5.41, 5.74) is 1.10. The van der Waals surface area contributed by atoms with E-state index in [9.17, 15) is 0 Å². The van der Waals surface area contributed by atoms with Gasteiger partial charge in [-0.3, -0.25) is 0 Å². The average molecular weight is 193 g/mol. The van der Waals surface area contributed by atoms with E-state index in [-0.39, 0.29) is 6.26 Å². The molecule has 0 bridgehead atoms. The van der Waals surface area contributed by atoms with Crippen LogP contribution in [-0.4, -0.2) is 12.8 Å². The maximum absolute atomic E-state index is 6.10. The van der Waals surface area contributed by atoms with Crippen LogP contribution in [0.5, 0.6) is 0 Å². The molecule has 0 fully saturated rings. The summed E-state index contributed by atoms with van der Waals surface area (Å²) in [5.74, 6) is 0. The van der Waals surface area contributed by atoms with Crippen LogP contribution in [0.2, 0.25) is 0 Å². The molecule has 1 N–H and O–H groups in total. The highest BCUT2D eigenvalue weighted by atomic mass is 35.5. The van der Waals surface area contributed by atoms with E-state index in [0.717, 1.165) is 18.4 Å². The van der Waals surface area contributed by atoms with Gasteiger partial charge in [-0.15, -0.1) is 6.58 Å². The second-order valence-electron chi connectivity index (χ2n) is 2.80. The predicted molar refractivity (Wildman–Crippen MR) is 60.5 cm³/mol. The molecule has 13 heavy (non-hydrogen) atoms. The Morgan fingerprint density at radius 1 is 1.38 bits per heavy atom. The van der Waals surface area contributed by atoms with Gasteiger partial charge in [0.05, 0.1) is 0 Å². The Bertz CT molecular complexity index is 250. The third kappa shape index (κ3) is 3.66. The summed E-state index contributed by atoms with van der Waals surface area (Å²) in [7, 11) is 0. The average Bonchev–Trinajstić information content (AvgIpc) is 2.19. The van der Waals surface area contributed by atoms with Crippen molar-refractivity contribution in [2.24, 2.45) is 0 Å². The SMILES string of the molecule is C=CCCNB(Cl)c1ccccc1. The summed E-state index contributed by atoms with van der Waals surface area (Å²) < 4.78 is 0. The van der Waals surface area contributed by atoms with E-state index in [4.69, 9.17) is 11.5 Å². The van der Waals surface area contributed by atoms with Gasteiger partial charge in [-0.1, -0.05) is 36.4 Å². The quantitative estimate of drug-likeness (QED) is 0.427. The maximum atomic E-state index is 6.10. The fraction of sp³-hybridized carbons (Fsp3) is 0.200. The molecule has 0 heterocycles. The fourth-order valence-electron chi connectivity index (χ4n) is 1.05. The standard InChI is InChI=1S/C10H13BClN/c1-2-3-9-13-11(12)10-7-5-4-6-8-10/h2,4-8,13H,1,3,9H2. The molecular weight excluding hydrogens is 180 g/mol. The molecule has 0 spiro atoms. The van der Waals surface area contributed by atoms with E-state index in [1.165, 1.54) is 0 Å². The Hall–Kier alpha value is -0.725. The highest BCUT2D eigenvalue weighted by molar-refractivity contribution is 7.12. The second-order valence-corrected chi connectivity index (χ2v) is 3.24. The van der Waals surface area contributed by atoms with Gasteiger partial charge in [-0.25, -0.2) is 0 Å². The van der Waals surface area contributed by atoms with Gasteiger partial charge in [-0.05, 0) is 18.4 Å². The van der Waals surface area contributed by atoms with Crippen LogP contribution in [0.15, 0.2) is 43.0 Å². The van der Waals surface area contributed by atoms with E-state index in [1.54, 1.807) is 0 Å². The van der Waals surface area contributed by atoms with Crippen molar-refractivity contribution in [2.75, 3.05) is 6.54 Å². The number of rotatable bonds is 5. The van der Waals surface area contributed by atoms with Crippen LogP contribution < -0.4 is 10.7 Å². The van der Waals surface area contributed by atoms with Crippen molar-refractivity contribution < 1.29 is 0 Å². The third-order valence-electron chi connectivity index (χ3n) is 1.76. The molecule has 68 valence electrons. The molecule has 0 saturated heterocycles. The Kier molecular flexibility index (Phi) is 4.65. The Labute approximate surface area is 84.8 Å². The predicted octanol–water partition coefficient (Wildman–Crippen LogP) is 1.79. The van der Waals surface area contributed by atoms with E-state index < -0.39 is 0 Å². The first-order valence-electron chi connectivity index (χ1n) is 4.38. The molecule has 0 aliphatic heterocycles. The molecule has 0 saturated carbocycles. The van der Waals surface area contributed by atoms with Gasteiger partial charge in [0.2, 0.25) is 0 Å². The number of benzene rings is 1. The van der Waals surface area contributed by atoms with Crippen molar-refractivity contribution in [3.63, 3.8) is 0 Å². The van der Waals surface area contributed by atoms with Crippen molar-refractivity contribution in [3.8, 4) is 0 Å². The molecule has 0 unspecified atom stereocenters. The van der Waals surface area contributed by atoms with Crippen LogP contribution >= 0.6 is 11.5 Å². The Morgan fingerprint density at radius 2 is 2.08 bits per heavy atom. The molecule has 0 aliphatic carbocycles. The highest BCUT2D eigenvalue weighted by Gasteiger charge is 2.10. The molecule has 0 atom stereocenters. The zero-order valence-corrected chi connectivity index (χ0v) is 8.30. The molecule has 1 rings (SSSR count). The minimum Gasteiger partial charge on any atom is -0.338 e. The molecule has 1 aromatic rings. The summed E-state index contributed by atoms with van der Waals surface area (Å²) in [6, 6.07) is 9.98. The first kappa shape index (κ1) is 10.4. The van der Waals surface area contributed by atoms with E-state index in [0.29, 0.717) is 0 Å². The lowest BCUT2D eigenvalue weighted by atomic mass is 9.81.